The maximum absolute atomic E-state index is 11.1. The highest BCUT2D eigenvalue weighted by Gasteiger charge is 2.22. The summed E-state index contributed by atoms with van der Waals surface area (Å²) in [6.07, 6.45) is -1.30. The number of aliphatic hydroxyl groups is 1. The molecule has 1 unspecified atom stereocenters. The van der Waals surface area contributed by atoms with Crippen molar-refractivity contribution in [3.8, 4) is 11.1 Å². The molecule has 0 aliphatic heterocycles. The van der Waals surface area contributed by atoms with Gasteiger partial charge in [-0.05, 0) is 22.3 Å². The van der Waals surface area contributed by atoms with Crippen molar-refractivity contribution in [3.63, 3.8) is 0 Å². The summed E-state index contributed by atoms with van der Waals surface area (Å²) in [5.41, 5.74) is 4.54. The van der Waals surface area contributed by atoms with Crippen LogP contribution in [0, 0.1) is 0 Å². The minimum absolute atomic E-state index is 0.519. The fraction of sp³-hybridized carbons (Fsp3) is 0.182. The molecule has 0 amide bonds. The molecule has 3 nitrogen and oxygen atoms in total. The third-order valence-corrected chi connectivity index (χ3v) is 4.31. The van der Waals surface area contributed by atoms with Gasteiger partial charge in [0.25, 0.3) is 0 Å². The Morgan fingerprint density at radius 3 is 1.80 bits per heavy atom. The molecule has 1 N–H and O–H groups in total. The third-order valence-electron chi connectivity index (χ3n) is 4.31. The molecule has 0 saturated carbocycles. The van der Waals surface area contributed by atoms with Gasteiger partial charge in [-0.15, -0.1) is 0 Å². The first-order chi connectivity index (χ1) is 12.3. The van der Waals surface area contributed by atoms with E-state index < -0.39 is 12.4 Å². The summed E-state index contributed by atoms with van der Waals surface area (Å²) in [5.74, 6) is 0. The van der Waals surface area contributed by atoms with Crippen LogP contribution >= 0.6 is 0 Å². The van der Waals surface area contributed by atoms with Gasteiger partial charge in [-0.2, -0.15) is 0 Å². The Labute approximate surface area is 148 Å². The van der Waals surface area contributed by atoms with Crippen LogP contribution in [-0.4, -0.2) is 19.3 Å². The predicted octanol–water partition coefficient (Wildman–Crippen LogP) is 4.73. The lowest BCUT2D eigenvalue weighted by atomic mass is 9.90. The molecule has 0 aliphatic rings. The van der Waals surface area contributed by atoms with Gasteiger partial charge in [0.15, 0.2) is 6.29 Å². The molecule has 3 aromatic rings. The number of hydrogen-bond acceptors (Lipinski definition) is 3. The van der Waals surface area contributed by atoms with Crippen LogP contribution in [-0.2, 0) is 9.47 Å². The van der Waals surface area contributed by atoms with Crippen molar-refractivity contribution in [2.24, 2.45) is 0 Å². The van der Waals surface area contributed by atoms with Crippen LogP contribution in [0.3, 0.4) is 0 Å². The number of rotatable bonds is 6. The van der Waals surface area contributed by atoms with E-state index in [0.717, 1.165) is 27.8 Å². The van der Waals surface area contributed by atoms with Crippen LogP contribution in [0.2, 0.25) is 0 Å². The van der Waals surface area contributed by atoms with E-state index in [1.54, 1.807) is 14.2 Å². The average Bonchev–Trinajstić information content (AvgIpc) is 2.69. The first-order valence-electron chi connectivity index (χ1n) is 8.23. The van der Waals surface area contributed by atoms with Gasteiger partial charge in [0.1, 0.15) is 6.10 Å². The first-order valence-corrected chi connectivity index (χ1v) is 8.23. The molecule has 3 heteroatoms. The topological polar surface area (TPSA) is 38.7 Å². The van der Waals surface area contributed by atoms with Crippen molar-refractivity contribution in [2.45, 2.75) is 12.4 Å². The van der Waals surface area contributed by atoms with Crippen molar-refractivity contribution >= 4 is 0 Å². The summed E-state index contributed by atoms with van der Waals surface area (Å²) in [5, 5.41) is 11.1. The zero-order chi connectivity index (χ0) is 17.6. The van der Waals surface area contributed by atoms with E-state index >= 15 is 0 Å². The van der Waals surface area contributed by atoms with Gasteiger partial charge < -0.3 is 14.6 Å². The van der Waals surface area contributed by atoms with Crippen LogP contribution in [0.25, 0.3) is 11.1 Å². The molecule has 0 heterocycles. The van der Waals surface area contributed by atoms with E-state index in [0.29, 0.717) is 0 Å². The smallest absolute Gasteiger partial charge is 0.183 e. The number of aliphatic hydroxyl groups excluding tert-OH is 1. The molecular formula is C22H22O3. The molecule has 0 fully saturated rings. The van der Waals surface area contributed by atoms with Gasteiger partial charge >= 0.3 is 0 Å². The van der Waals surface area contributed by atoms with Gasteiger partial charge in [0.05, 0.1) is 0 Å². The van der Waals surface area contributed by atoms with E-state index in [4.69, 9.17) is 9.47 Å². The van der Waals surface area contributed by atoms with Crippen LogP contribution in [0.4, 0.5) is 0 Å². The fourth-order valence-electron chi connectivity index (χ4n) is 3.11. The summed E-state index contributed by atoms with van der Waals surface area (Å²) in [4.78, 5) is 0. The van der Waals surface area contributed by atoms with Crippen molar-refractivity contribution in [1.82, 2.24) is 0 Å². The van der Waals surface area contributed by atoms with Crippen molar-refractivity contribution in [3.05, 3.63) is 95.6 Å². The van der Waals surface area contributed by atoms with Crippen molar-refractivity contribution in [2.75, 3.05) is 14.2 Å². The monoisotopic (exact) mass is 334 g/mol. The molecule has 25 heavy (non-hydrogen) atoms. The van der Waals surface area contributed by atoms with Gasteiger partial charge in [-0.3, -0.25) is 0 Å². The highest BCUT2D eigenvalue weighted by Crippen LogP contribution is 2.35. The Morgan fingerprint density at radius 1 is 0.640 bits per heavy atom. The number of benzene rings is 3. The van der Waals surface area contributed by atoms with E-state index in [9.17, 15) is 5.11 Å². The van der Waals surface area contributed by atoms with Gasteiger partial charge in [-0.25, -0.2) is 0 Å². The van der Waals surface area contributed by atoms with Gasteiger partial charge in [0, 0.05) is 19.8 Å². The lowest BCUT2D eigenvalue weighted by molar-refractivity contribution is -0.107. The number of ether oxygens (including phenoxy) is 2. The van der Waals surface area contributed by atoms with Gasteiger partial charge in [0.2, 0.25) is 0 Å². The first kappa shape index (κ1) is 17.4. The second kappa shape index (κ2) is 8.08. The lowest BCUT2D eigenvalue weighted by Crippen LogP contribution is -2.11. The highest BCUT2D eigenvalue weighted by atomic mass is 16.7. The van der Waals surface area contributed by atoms with E-state index in [-0.39, 0.29) is 0 Å². The number of methoxy groups -OCH3 is 2. The highest BCUT2D eigenvalue weighted by molar-refractivity contribution is 5.68. The zero-order valence-corrected chi connectivity index (χ0v) is 14.4. The Hall–Kier alpha value is -2.46. The maximum atomic E-state index is 11.1. The SMILES string of the molecule is COC(OC)c1ccccc1C(O)c1ccccc1-c1ccccc1. The Morgan fingerprint density at radius 2 is 1.16 bits per heavy atom. The lowest BCUT2D eigenvalue weighted by Gasteiger charge is -2.22. The third kappa shape index (κ3) is 3.64. The molecule has 0 spiro atoms. The second-order valence-corrected chi connectivity index (χ2v) is 5.79. The van der Waals surface area contributed by atoms with Crippen molar-refractivity contribution < 1.29 is 14.6 Å². The largest absolute Gasteiger partial charge is 0.384 e. The molecule has 0 saturated heterocycles. The average molecular weight is 334 g/mol. The van der Waals surface area contributed by atoms with E-state index in [2.05, 4.69) is 0 Å². The normalized spacial score (nSPS) is 12.3. The molecule has 0 aromatic heterocycles. The van der Waals surface area contributed by atoms with E-state index in [1.807, 2.05) is 78.9 Å². The number of hydrogen-bond donors (Lipinski definition) is 1. The predicted molar refractivity (Wildman–Crippen MR) is 99.1 cm³/mol. The summed E-state index contributed by atoms with van der Waals surface area (Å²) in [6.45, 7) is 0. The summed E-state index contributed by atoms with van der Waals surface area (Å²) in [6, 6.07) is 25.6. The van der Waals surface area contributed by atoms with Crippen molar-refractivity contribution in [1.29, 1.82) is 0 Å². The Kier molecular flexibility index (Phi) is 5.61. The summed E-state index contributed by atoms with van der Waals surface area (Å²) < 4.78 is 10.8. The molecule has 128 valence electrons. The van der Waals surface area contributed by atoms with Crippen LogP contribution in [0.1, 0.15) is 29.1 Å². The van der Waals surface area contributed by atoms with Crippen LogP contribution in [0.5, 0.6) is 0 Å². The quantitative estimate of drug-likeness (QED) is 0.663. The zero-order valence-electron chi connectivity index (χ0n) is 14.4. The molecule has 3 aromatic carbocycles. The second-order valence-electron chi connectivity index (χ2n) is 5.79. The molecule has 1 atom stereocenters. The summed E-state index contributed by atoms with van der Waals surface area (Å²) >= 11 is 0. The molecule has 3 rings (SSSR count). The molecule has 0 bridgehead atoms. The minimum atomic E-state index is -0.777. The molecular weight excluding hydrogens is 312 g/mol. The maximum Gasteiger partial charge on any atom is 0.183 e. The van der Waals surface area contributed by atoms with Crippen LogP contribution < -0.4 is 0 Å². The standard InChI is InChI=1S/C22H22O3/c1-24-22(25-2)20-15-9-8-14-19(20)21(23)18-13-7-6-12-17(18)16-10-4-3-5-11-16/h3-15,21-23H,1-2H3. The van der Waals surface area contributed by atoms with Crippen LogP contribution in [0.15, 0.2) is 78.9 Å². The molecule has 0 aliphatic carbocycles. The van der Waals surface area contributed by atoms with E-state index in [1.165, 1.54) is 0 Å². The summed E-state index contributed by atoms with van der Waals surface area (Å²) in [7, 11) is 3.19. The minimum Gasteiger partial charge on any atom is -0.384 e. The van der Waals surface area contributed by atoms with Gasteiger partial charge in [-0.1, -0.05) is 78.9 Å². The fourth-order valence-corrected chi connectivity index (χ4v) is 3.11. The Bertz CT molecular complexity index is 810. The molecule has 0 radical (unpaired) electrons. The Balaban J connectivity index is 2.08.